The van der Waals surface area contributed by atoms with Gasteiger partial charge in [-0.25, -0.2) is 13.2 Å². The van der Waals surface area contributed by atoms with Crippen molar-refractivity contribution in [2.45, 2.75) is 12.0 Å². The molecule has 5 heteroatoms. The van der Waals surface area contributed by atoms with Gasteiger partial charge in [0, 0.05) is 23.3 Å². The molecule has 0 aliphatic heterocycles. The second-order valence-corrected chi connectivity index (χ2v) is 6.05. The molecule has 0 aliphatic rings. The first-order valence-electron chi connectivity index (χ1n) is 8.61. The van der Waals surface area contributed by atoms with Gasteiger partial charge in [0.25, 0.3) is 0 Å². The summed E-state index contributed by atoms with van der Waals surface area (Å²) in [5.74, 6) is -1.94. The van der Waals surface area contributed by atoms with E-state index in [9.17, 15) is 13.2 Å². The highest BCUT2D eigenvalue weighted by molar-refractivity contribution is 5.49. The molecule has 0 aromatic heterocycles. The number of aliphatic hydroxyl groups excluding tert-OH is 1. The molecule has 2 nitrogen and oxygen atoms in total. The minimum absolute atomic E-state index is 0.00172. The van der Waals surface area contributed by atoms with Crippen LogP contribution in [0.1, 0.15) is 23.1 Å². The Bertz CT molecular complexity index is 800. The number of benzene rings is 3. The summed E-state index contributed by atoms with van der Waals surface area (Å²) in [6, 6.07) is 17.3. The number of rotatable bonds is 7. The Morgan fingerprint density at radius 1 is 0.667 bits per heavy atom. The predicted molar refractivity (Wildman–Crippen MR) is 96.7 cm³/mol. The van der Waals surface area contributed by atoms with Gasteiger partial charge in [0.2, 0.25) is 0 Å². The Morgan fingerprint density at radius 2 is 1.04 bits per heavy atom. The van der Waals surface area contributed by atoms with E-state index >= 15 is 0 Å². The van der Waals surface area contributed by atoms with Crippen molar-refractivity contribution in [3.8, 4) is 0 Å². The summed E-state index contributed by atoms with van der Waals surface area (Å²) in [5, 5.41) is 9.14. The molecule has 140 valence electrons. The number of ether oxygens (including phenoxy) is 1. The smallest absolute Gasteiger partial charge is 0.152 e. The monoisotopic (exact) mass is 372 g/mol. The van der Waals surface area contributed by atoms with E-state index in [1.165, 1.54) is 54.6 Å². The van der Waals surface area contributed by atoms with E-state index in [0.717, 1.165) is 0 Å². The lowest BCUT2D eigenvalue weighted by Crippen LogP contribution is -2.36. The van der Waals surface area contributed by atoms with Crippen LogP contribution >= 0.6 is 0 Å². The standard InChI is InChI=1S/C22H19F3O2/c23-19-11-4-1-8-16(19)22(27-15-7-14-26,17-9-2-5-12-20(17)24)18-10-3-6-13-21(18)25/h1-6,8-13,26H,7,14-15H2. The van der Waals surface area contributed by atoms with Gasteiger partial charge < -0.3 is 9.84 Å². The number of halogens is 3. The van der Waals surface area contributed by atoms with Crippen LogP contribution in [0.3, 0.4) is 0 Å². The summed E-state index contributed by atoms with van der Waals surface area (Å²) in [7, 11) is 0. The van der Waals surface area contributed by atoms with E-state index < -0.39 is 23.1 Å². The molecule has 0 spiro atoms. The van der Waals surface area contributed by atoms with Crippen molar-refractivity contribution in [1.82, 2.24) is 0 Å². The molecule has 0 fully saturated rings. The van der Waals surface area contributed by atoms with Crippen molar-refractivity contribution in [2.24, 2.45) is 0 Å². The molecule has 0 aliphatic carbocycles. The Balaban J connectivity index is 2.37. The SMILES string of the molecule is OCCCOC(c1ccccc1F)(c1ccccc1F)c1ccccc1F. The van der Waals surface area contributed by atoms with E-state index in [0.29, 0.717) is 0 Å². The molecule has 0 saturated carbocycles. The molecule has 1 N–H and O–H groups in total. The van der Waals surface area contributed by atoms with Gasteiger partial charge >= 0.3 is 0 Å². The molecule has 0 unspecified atom stereocenters. The van der Waals surface area contributed by atoms with E-state index in [1.807, 2.05) is 0 Å². The highest BCUT2D eigenvalue weighted by atomic mass is 19.1. The van der Waals surface area contributed by atoms with E-state index in [2.05, 4.69) is 0 Å². The molecule has 27 heavy (non-hydrogen) atoms. The van der Waals surface area contributed by atoms with Gasteiger partial charge in [-0.2, -0.15) is 0 Å². The maximum atomic E-state index is 14.9. The van der Waals surface area contributed by atoms with Crippen LogP contribution in [0.4, 0.5) is 13.2 Å². The average molecular weight is 372 g/mol. The van der Waals surface area contributed by atoms with Crippen LogP contribution < -0.4 is 0 Å². The third-order valence-corrected chi connectivity index (χ3v) is 4.38. The molecule has 0 radical (unpaired) electrons. The van der Waals surface area contributed by atoms with Crippen LogP contribution in [0.25, 0.3) is 0 Å². The van der Waals surface area contributed by atoms with Crippen molar-refractivity contribution in [3.63, 3.8) is 0 Å². The molecule has 0 bridgehead atoms. The van der Waals surface area contributed by atoms with E-state index in [4.69, 9.17) is 9.84 Å². The highest BCUT2D eigenvalue weighted by Crippen LogP contribution is 2.43. The summed E-state index contributed by atoms with van der Waals surface area (Å²) in [6.07, 6.45) is 0.235. The Kier molecular flexibility index (Phi) is 5.94. The first kappa shape index (κ1) is 19.1. The second-order valence-electron chi connectivity index (χ2n) is 6.05. The van der Waals surface area contributed by atoms with Crippen LogP contribution in [-0.4, -0.2) is 18.3 Å². The first-order valence-corrected chi connectivity index (χ1v) is 8.61. The molecule has 0 saturated heterocycles. The number of aliphatic hydroxyl groups is 1. The summed E-state index contributed by atoms with van der Waals surface area (Å²) >= 11 is 0. The number of hydrogen-bond acceptors (Lipinski definition) is 2. The molecule has 0 atom stereocenters. The topological polar surface area (TPSA) is 29.5 Å². The van der Waals surface area contributed by atoms with Crippen LogP contribution in [0, 0.1) is 17.5 Å². The zero-order valence-corrected chi connectivity index (χ0v) is 14.5. The molecule has 0 heterocycles. The van der Waals surface area contributed by atoms with Crippen molar-refractivity contribution in [2.75, 3.05) is 13.2 Å². The van der Waals surface area contributed by atoms with Gasteiger partial charge in [-0.3, -0.25) is 0 Å². The average Bonchev–Trinajstić information content (AvgIpc) is 2.68. The van der Waals surface area contributed by atoms with Gasteiger partial charge in [0.05, 0.1) is 6.61 Å². The van der Waals surface area contributed by atoms with Gasteiger partial charge in [-0.15, -0.1) is 0 Å². The zero-order valence-electron chi connectivity index (χ0n) is 14.5. The number of hydrogen-bond donors (Lipinski definition) is 1. The minimum Gasteiger partial charge on any atom is -0.396 e. The normalized spacial score (nSPS) is 11.6. The molecule has 3 aromatic rings. The zero-order chi connectivity index (χ0) is 19.3. The third kappa shape index (κ3) is 3.61. The molecular formula is C22H19F3O2. The van der Waals surface area contributed by atoms with Crippen LogP contribution in [-0.2, 0) is 10.3 Å². The minimum atomic E-state index is -1.84. The first-order chi connectivity index (χ1) is 13.1. The second kappa shape index (κ2) is 8.37. The Hall–Kier alpha value is -2.63. The predicted octanol–water partition coefficient (Wildman–Crippen LogP) is 4.79. The molecule has 0 amide bonds. The van der Waals surface area contributed by atoms with E-state index in [-0.39, 0.29) is 36.3 Å². The van der Waals surface area contributed by atoms with Crippen molar-refractivity contribution in [1.29, 1.82) is 0 Å². The van der Waals surface area contributed by atoms with Gasteiger partial charge in [0.15, 0.2) is 5.60 Å². The van der Waals surface area contributed by atoms with Crippen LogP contribution in [0.15, 0.2) is 72.8 Å². The lowest BCUT2D eigenvalue weighted by Gasteiger charge is -2.36. The Morgan fingerprint density at radius 3 is 1.37 bits per heavy atom. The van der Waals surface area contributed by atoms with Crippen molar-refractivity contribution >= 4 is 0 Å². The quantitative estimate of drug-likeness (QED) is 0.477. The lowest BCUT2D eigenvalue weighted by molar-refractivity contribution is -0.000775. The van der Waals surface area contributed by atoms with Gasteiger partial charge in [-0.1, -0.05) is 54.6 Å². The summed E-state index contributed by atoms with van der Waals surface area (Å²) in [5.41, 5.74) is -1.84. The van der Waals surface area contributed by atoms with Gasteiger partial charge in [-0.05, 0) is 24.6 Å². The fraction of sp³-hybridized carbons (Fsp3) is 0.182. The maximum Gasteiger partial charge on any atom is 0.152 e. The van der Waals surface area contributed by atoms with Crippen LogP contribution in [0.2, 0.25) is 0 Å². The summed E-state index contributed by atoms with van der Waals surface area (Å²) in [4.78, 5) is 0. The summed E-state index contributed by atoms with van der Waals surface area (Å²) < 4.78 is 50.6. The van der Waals surface area contributed by atoms with E-state index in [1.54, 1.807) is 18.2 Å². The fourth-order valence-corrected chi connectivity index (χ4v) is 3.20. The molecule has 3 aromatic carbocycles. The van der Waals surface area contributed by atoms with Crippen molar-refractivity contribution < 1.29 is 23.0 Å². The lowest BCUT2D eigenvalue weighted by atomic mass is 9.79. The fourth-order valence-electron chi connectivity index (χ4n) is 3.20. The summed E-state index contributed by atoms with van der Waals surface area (Å²) in [6.45, 7) is -0.185. The van der Waals surface area contributed by atoms with Crippen LogP contribution in [0.5, 0.6) is 0 Å². The third-order valence-electron chi connectivity index (χ3n) is 4.38. The van der Waals surface area contributed by atoms with Crippen molar-refractivity contribution in [3.05, 3.63) is 107 Å². The maximum absolute atomic E-state index is 14.9. The molecule has 3 rings (SSSR count). The van der Waals surface area contributed by atoms with Gasteiger partial charge in [0.1, 0.15) is 17.5 Å². The highest BCUT2D eigenvalue weighted by Gasteiger charge is 2.43. The Labute approximate surface area is 155 Å². The molecular weight excluding hydrogens is 353 g/mol. The largest absolute Gasteiger partial charge is 0.396 e.